The molecular formula is C19H24F3N3O2. The van der Waals surface area contributed by atoms with Gasteiger partial charge in [-0.3, -0.25) is 4.79 Å². The van der Waals surface area contributed by atoms with E-state index in [9.17, 15) is 22.8 Å². The number of hydrogen-bond donors (Lipinski definition) is 0. The minimum atomic E-state index is -4.47. The highest BCUT2D eigenvalue weighted by molar-refractivity contribution is 5.89. The lowest BCUT2D eigenvalue weighted by molar-refractivity contribution is -0.140. The third kappa shape index (κ3) is 3.75. The molecule has 2 atom stereocenters. The summed E-state index contributed by atoms with van der Waals surface area (Å²) in [7, 11) is 1.71. The third-order valence-corrected chi connectivity index (χ3v) is 5.18. The number of nitrogens with zero attached hydrogens (tertiary/aromatic N) is 3. The number of carbonyl (C=O) groups excluding carboxylic acids is 2. The first kappa shape index (κ1) is 19.5. The van der Waals surface area contributed by atoms with Gasteiger partial charge in [-0.2, -0.15) is 13.2 Å². The molecule has 27 heavy (non-hydrogen) atoms. The van der Waals surface area contributed by atoms with Crippen LogP contribution in [-0.4, -0.2) is 58.9 Å². The number of halogens is 3. The van der Waals surface area contributed by atoms with E-state index in [1.807, 2.05) is 13.8 Å². The molecule has 2 fully saturated rings. The molecule has 0 bridgehead atoms. The summed E-state index contributed by atoms with van der Waals surface area (Å²) in [5.74, 6) is 0.116. The molecule has 2 heterocycles. The highest BCUT2D eigenvalue weighted by atomic mass is 19.4. The lowest BCUT2D eigenvalue weighted by Gasteiger charge is -2.41. The van der Waals surface area contributed by atoms with Crippen molar-refractivity contribution in [2.75, 3.05) is 20.1 Å². The van der Waals surface area contributed by atoms with Crippen LogP contribution in [-0.2, 0) is 17.5 Å². The Morgan fingerprint density at radius 3 is 2.44 bits per heavy atom. The van der Waals surface area contributed by atoms with Crippen molar-refractivity contribution in [1.82, 2.24) is 14.7 Å². The Kier molecular flexibility index (Phi) is 5.10. The Morgan fingerprint density at radius 1 is 1.15 bits per heavy atom. The number of alkyl halides is 3. The molecule has 8 heteroatoms. The van der Waals surface area contributed by atoms with Crippen molar-refractivity contribution in [3.63, 3.8) is 0 Å². The molecule has 0 spiro atoms. The highest BCUT2D eigenvalue weighted by Crippen LogP contribution is 2.34. The molecule has 0 aromatic heterocycles. The van der Waals surface area contributed by atoms with Crippen LogP contribution in [0.25, 0.3) is 0 Å². The van der Waals surface area contributed by atoms with Gasteiger partial charge < -0.3 is 14.7 Å². The smallest absolute Gasteiger partial charge is 0.342 e. The third-order valence-electron chi connectivity index (χ3n) is 5.18. The molecular weight excluding hydrogens is 359 g/mol. The summed E-state index contributed by atoms with van der Waals surface area (Å²) in [6.45, 7) is 4.56. The van der Waals surface area contributed by atoms with E-state index in [2.05, 4.69) is 0 Å². The Hall–Kier alpha value is -2.25. The molecule has 0 unspecified atom stereocenters. The highest BCUT2D eigenvalue weighted by Gasteiger charge is 2.48. The van der Waals surface area contributed by atoms with E-state index in [4.69, 9.17) is 0 Å². The van der Waals surface area contributed by atoms with Gasteiger partial charge in [0.25, 0.3) is 0 Å². The summed E-state index contributed by atoms with van der Waals surface area (Å²) in [6.07, 6.45) is -3.93. The summed E-state index contributed by atoms with van der Waals surface area (Å²) in [5.41, 5.74) is -0.659. The summed E-state index contributed by atoms with van der Waals surface area (Å²) < 4.78 is 39.8. The SMILES string of the molecule is CC(C)C[C@H]1C(=O)N(C)C[C@H]2CN(Cc3ccccc3C(F)(F)F)C(=O)N21. The topological polar surface area (TPSA) is 43.9 Å². The van der Waals surface area contributed by atoms with Crippen molar-refractivity contribution < 1.29 is 22.8 Å². The number of hydrogen-bond acceptors (Lipinski definition) is 2. The summed E-state index contributed by atoms with van der Waals surface area (Å²) >= 11 is 0. The quantitative estimate of drug-likeness (QED) is 0.802. The van der Waals surface area contributed by atoms with E-state index in [-0.39, 0.29) is 36.0 Å². The van der Waals surface area contributed by atoms with Crippen molar-refractivity contribution in [1.29, 1.82) is 0 Å². The molecule has 0 radical (unpaired) electrons. The van der Waals surface area contributed by atoms with Crippen molar-refractivity contribution in [3.05, 3.63) is 35.4 Å². The van der Waals surface area contributed by atoms with Gasteiger partial charge >= 0.3 is 12.2 Å². The van der Waals surface area contributed by atoms with Gasteiger partial charge in [-0.25, -0.2) is 4.79 Å². The zero-order chi connectivity index (χ0) is 19.9. The van der Waals surface area contributed by atoms with Crippen LogP contribution in [0.1, 0.15) is 31.4 Å². The molecule has 0 N–H and O–H groups in total. The van der Waals surface area contributed by atoms with Gasteiger partial charge in [0.05, 0.1) is 11.6 Å². The van der Waals surface area contributed by atoms with Crippen LogP contribution < -0.4 is 0 Å². The molecule has 1 aromatic rings. The van der Waals surface area contributed by atoms with E-state index < -0.39 is 17.8 Å². The molecule has 3 amide bonds. The second-order valence-electron chi connectivity index (χ2n) is 7.74. The average molecular weight is 383 g/mol. The number of likely N-dealkylation sites (N-methyl/N-ethyl adjacent to an activating group) is 1. The number of fused-ring (bicyclic) bond motifs is 1. The fourth-order valence-electron chi connectivity index (χ4n) is 3.99. The van der Waals surface area contributed by atoms with Crippen LogP contribution in [0.2, 0.25) is 0 Å². The predicted octanol–water partition coefficient (Wildman–Crippen LogP) is 3.20. The normalized spacial score (nSPS) is 23.4. The maximum absolute atomic E-state index is 13.3. The lowest BCUT2D eigenvalue weighted by Crippen LogP contribution is -2.60. The van der Waals surface area contributed by atoms with Crippen molar-refractivity contribution in [2.24, 2.45) is 5.92 Å². The summed E-state index contributed by atoms with van der Waals surface area (Å²) in [6, 6.07) is 4.21. The molecule has 0 saturated carbocycles. The number of rotatable bonds is 4. The van der Waals surface area contributed by atoms with E-state index >= 15 is 0 Å². The Balaban J connectivity index is 1.85. The Morgan fingerprint density at radius 2 is 1.81 bits per heavy atom. The zero-order valence-electron chi connectivity index (χ0n) is 15.7. The molecule has 1 aromatic carbocycles. The molecule has 3 rings (SSSR count). The second-order valence-corrected chi connectivity index (χ2v) is 7.74. The summed E-state index contributed by atoms with van der Waals surface area (Å²) in [4.78, 5) is 30.1. The van der Waals surface area contributed by atoms with Crippen molar-refractivity contribution >= 4 is 11.9 Å². The minimum absolute atomic E-state index is 0.0679. The number of amides is 3. The number of benzene rings is 1. The van der Waals surface area contributed by atoms with Gasteiger partial charge in [-0.1, -0.05) is 32.0 Å². The van der Waals surface area contributed by atoms with Crippen LogP contribution in [0.5, 0.6) is 0 Å². The van der Waals surface area contributed by atoms with E-state index in [1.165, 1.54) is 23.1 Å². The molecule has 5 nitrogen and oxygen atoms in total. The largest absolute Gasteiger partial charge is 0.416 e. The van der Waals surface area contributed by atoms with Crippen LogP contribution in [0, 0.1) is 5.92 Å². The van der Waals surface area contributed by atoms with Gasteiger partial charge in [0.1, 0.15) is 6.04 Å². The van der Waals surface area contributed by atoms with Crippen LogP contribution in [0.3, 0.4) is 0 Å². The van der Waals surface area contributed by atoms with E-state index in [0.29, 0.717) is 19.5 Å². The first-order valence-electron chi connectivity index (χ1n) is 9.07. The van der Waals surface area contributed by atoms with Gasteiger partial charge in [0.15, 0.2) is 0 Å². The first-order valence-corrected chi connectivity index (χ1v) is 9.07. The monoisotopic (exact) mass is 383 g/mol. The molecule has 2 aliphatic rings. The van der Waals surface area contributed by atoms with E-state index in [0.717, 1.165) is 6.07 Å². The number of urea groups is 1. The van der Waals surface area contributed by atoms with Crippen molar-refractivity contribution in [3.8, 4) is 0 Å². The molecule has 148 valence electrons. The number of carbonyl (C=O) groups is 2. The Bertz CT molecular complexity index is 735. The zero-order valence-corrected chi connectivity index (χ0v) is 15.7. The number of piperazine rings is 1. The Labute approximate surface area is 156 Å². The van der Waals surface area contributed by atoms with Gasteiger partial charge in [-0.15, -0.1) is 0 Å². The van der Waals surface area contributed by atoms with Gasteiger partial charge in [-0.05, 0) is 24.0 Å². The molecule has 2 saturated heterocycles. The fraction of sp³-hybridized carbons (Fsp3) is 0.579. The first-order chi connectivity index (χ1) is 12.6. The molecule has 2 aliphatic heterocycles. The van der Waals surface area contributed by atoms with Crippen LogP contribution >= 0.6 is 0 Å². The van der Waals surface area contributed by atoms with E-state index in [1.54, 1.807) is 16.8 Å². The summed E-state index contributed by atoms with van der Waals surface area (Å²) in [5, 5.41) is 0. The minimum Gasteiger partial charge on any atom is -0.342 e. The van der Waals surface area contributed by atoms with Crippen LogP contribution in [0.15, 0.2) is 24.3 Å². The standard InChI is InChI=1S/C19H24F3N3O2/c1-12(2)8-16-17(26)23(3)10-14-11-24(18(27)25(14)16)9-13-6-4-5-7-15(13)19(20,21)22/h4-7,12,14,16H,8-11H2,1-3H3/t14-,16-/m0/s1. The lowest BCUT2D eigenvalue weighted by atomic mass is 9.98. The van der Waals surface area contributed by atoms with Gasteiger partial charge in [0.2, 0.25) is 5.91 Å². The van der Waals surface area contributed by atoms with Crippen molar-refractivity contribution in [2.45, 2.75) is 45.1 Å². The fourth-order valence-corrected chi connectivity index (χ4v) is 3.99. The predicted molar refractivity (Wildman–Crippen MR) is 93.8 cm³/mol. The molecule has 0 aliphatic carbocycles. The maximum Gasteiger partial charge on any atom is 0.416 e. The second kappa shape index (κ2) is 7.05. The van der Waals surface area contributed by atoms with Crippen LogP contribution in [0.4, 0.5) is 18.0 Å². The maximum atomic E-state index is 13.3. The van der Waals surface area contributed by atoms with Gasteiger partial charge in [0, 0.05) is 26.7 Å². The average Bonchev–Trinajstić information content (AvgIpc) is 2.86.